The largest absolute Gasteiger partial charge is 0.327 e. The second-order valence-corrected chi connectivity index (χ2v) is 6.17. The molecule has 4 N–H and O–H groups in total. The van der Waals surface area contributed by atoms with E-state index in [9.17, 15) is 0 Å². The van der Waals surface area contributed by atoms with Gasteiger partial charge in [-0.05, 0) is 45.2 Å². The van der Waals surface area contributed by atoms with Crippen LogP contribution in [0.5, 0.6) is 0 Å². The Balaban J connectivity index is 1.47. The van der Waals surface area contributed by atoms with Crippen molar-refractivity contribution in [1.82, 2.24) is 10.6 Å². The van der Waals surface area contributed by atoms with Gasteiger partial charge in [0, 0.05) is 19.1 Å². The highest BCUT2D eigenvalue weighted by Crippen LogP contribution is 2.17. The number of hydrogen-bond acceptors (Lipinski definition) is 3. The van der Waals surface area contributed by atoms with Crippen molar-refractivity contribution in [3.8, 4) is 0 Å². The van der Waals surface area contributed by atoms with Gasteiger partial charge in [0.2, 0.25) is 0 Å². The molecule has 3 heteroatoms. The zero-order chi connectivity index (χ0) is 14.0. The SMILES string of the molecule is NCC1=CC=C(CNCCCNC2CCCCC2)CC1. The maximum absolute atomic E-state index is 5.65. The third kappa shape index (κ3) is 5.78. The predicted octanol–water partition coefficient (Wildman–Crippen LogP) is 2.49. The van der Waals surface area contributed by atoms with Gasteiger partial charge in [0.15, 0.2) is 0 Å². The average Bonchev–Trinajstić information content (AvgIpc) is 2.52. The highest BCUT2D eigenvalue weighted by atomic mass is 14.9. The van der Waals surface area contributed by atoms with E-state index in [1.165, 1.54) is 56.1 Å². The summed E-state index contributed by atoms with van der Waals surface area (Å²) >= 11 is 0. The Bertz CT molecular complexity index is 327. The molecule has 2 aliphatic carbocycles. The Hall–Kier alpha value is -0.640. The summed E-state index contributed by atoms with van der Waals surface area (Å²) in [6.07, 6.45) is 15.0. The molecule has 2 aliphatic rings. The number of hydrogen-bond donors (Lipinski definition) is 3. The molecule has 0 heterocycles. The summed E-state index contributed by atoms with van der Waals surface area (Å²) in [5, 5.41) is 7.25. The van der Waals surface area contributed by atoms with Crippen molar-refractivity contribution >= 4 is 0 Å². The van der Waals surface area contributed by atoms with E-state index in [2.05, 4.69) is 22.8 Å². The van der Waals surface area contributed by atoms with Crippen LogP contribution in [0.1, 0.15) is 51.4 Å². The highest BCUT2D eigenvalue weighted by molar-refractivity contribution is 5.25. The highest BCUT2D eigenvalue weighted by Gasteiger charge is 2.11. The van der Waals surface area contributed by atoms with Crippen molar-refractivity contribution in [3.05, 3.63) is 23.3 Å². The topological polar surface area (TPSA) is 50.1 Å². The quantitative estimate of drug-likeness (QED) is 0.598. The van der Waals surface area contributed by atoms with Gasteiger partial charge in [-0.1, -0.05) is 42.6 Å². The molecule has 1 saturated carbocycles. The van der Waals surface area contributed by atoms with Gasteiger partial charge in [0.1, 0.15) is 0 Å². The molecule has 2 rings (SSSR count). The lowest BCUT2D eigenvalue weighted by Gasteiger charge is -2.22. The monoisotopic (exact) mass is 277 g/mol. The van der Waals surface area contributed by atoms with E-state index in [1.807, 2.05) is 0 Å². The molecule has 0 aromatic rings. The van der Waals surface area contributed by atoms with Crippen molar-refractivity contribution in [2.45, 2.75) is 57.4 Å². The van der Waals surface area contributed by atoms with E-state index in [0.717, 1.165) is 32.1 Å². The van der Waals surface area contributed by atoms with Gasteiger partial charge >= 0.3 is 0 Å². The fourth-order valence-corrected chi connectivity index (χ4v) is 3.12. The van der Waals surface area contributed by atoms with Crippen molar-refractivity contribution in [3.63, 3.8) is 0 Å². The second-order valence-electron chi connectivity index (χ2n) is 6.17. The molecule has 0 radical (unpaired) electrons. The van der Waals surface area contributed by atoms with Crippen molar-refractivity contribution in [2.75, 3.05) is 26.2 Å². The fourth-order valence-electron chi connectivity index (χ4n) is 3.12. The van der Waals surface area contributed by atoms with Gasteiger partial charge in [0.05, 0.1) is 0 Å². The smallest absolute Gasteiger partial charge is 0.0167 e. The summed E-state index contributed by atoms with van der Waals surface area (Å²) in [7, 11) is 0. The van der Waals surface area contributed by atoms with Crippen LogP contribution in [-0.4, -0.2) is 32.2 Å². The van der Waals surface area contributed by atoms with Crippen molar-refractivity contribution in [2.24, 2.45) is 5.73 Å². The van der Waals surface area contributed by atoms with E-state index >= 15 is 0 Å². The molecular formula is C17H31N3. The van der Waals surface area contributed by atoms with Gasteiger partial charge in [-0.3, -0.25) is 0 Å². The molecule has 0 unspecified atom stereocenters. The molecule has 0 aromatic heterocycles. The third-order valence-corrected chi connectivity index (χ3v) is 4.50. The molecule has 20 heavy (non-hydrogen) atoms. The van der Waals surface area contributed by atoms with Crippen molar-refractivity contribution in [1.29, 1.82) is 0 Å². The van der Waals surface area contributed by atoms with Crippen LogP contribution >= 0.6 is 0 Å². The first kappa shape index (κ1) is 15.7. The lowest BCUT2D eigenvalue weighted by Crippen LogP contribution is -2.33. The first-order valence-electron chi connectivity index (χ1n) is 8.40. The van der Waals surface area contributed by atoms with Crippen LogP contribution in [0.3, 0.4) is 0 Å². The molecule has 1 fully saturated rings. The van der Waals surface area contributed by atoms with Crippen molar-refractivity contribution < 1.29 is 0 Å². The van der Waals surface area contributed by atoms with Gasteiger partial charge in [-0.15, -0.1) is 0 Å². The minimum Gasteiger partial charge on any atom is -0.327 e. The molecule has 0 saturated heterocycles. The maximum Gasteiger partial charge on any atom is 0.0167 e. The Morgan fingerprint density at radius 1 is 1.00 bits per heavy atom. The lowest BCUT2D eigenvalue weighted by molar-refractivity contribution is 0.371. The van der Waals surface area contributed by atoms with E-state index in [-0.39, 0.29) is 0 Å². The van der Waals surface area contributed by atoms with E-state index < -0.39 is 0 Å². The molecule has 0 atom stereocenters. The molecule has 0 aliphatic heterocycles. The van der Waals surface area contributed by atoms with E-state index in [0.29, 0.717) is 6.54 Å². The molecule has 0 amide bonds. The molecule has 0 aromatic carbocycles. The zero-order valence-electron chi connectivity index (χ0n) is 12.8. The molecule has 114 valence electrons. The van der Waals surface area contributed by atoms with Crippen LogP contribution in [0.2, 0.25) is 0 Å². The second kappa shape index (κ2) is 9.32. The van der Waals surface area contributed by atoms with Crippen LogP contribution < -0.4 is 16.4 Å². The number of allylic oxidation sites excluding steroid dienone is 2. The summed E-state index contributed by atoms with van der Waals surface area (Å²) in [6.45, 7) is 4.03. The summed E-state index contributed by atoms with van der Waals surface area (Å²) in [4.78, 5) is 0. The normalized spacial score (nSPS) is 20.6. The molecule has 3 nitrogen and oxygen atoms in total. The van der Waals surface area contributed by atoms with Crippen LogP contribution in [-0.2, 0) is 0 Å². The molecular weight excluding hydrogens is 246 g/mol. The van der Waals surface area contributed by atoms with Gasteiger partial charge in [0.25, 0.3) is 0 Å². The Kier molecular flexibility index (Phi) is 7.34. The van der Waals surface area contributed by atoms with Crippen LogP contribution in [0, 0.1) is 0 Å². The number of nitrogens with two attached hydrogens (primary N) is 1. The van der Waals surface area contributed by atoms with Gasteiger partial charge in [-0.2, -0.15) is 0 Å². The third-order valence-electron chi connectivity index (χ3n) is 4.50. The molecule has 0 spiro atoms. The van der Waals surface area contributed by atoms with E-state index in [4.69, 9.17) is 5.73 Å². The predicted molar refractivity (Wildman–Crippen MR) is 86.8 cm³/mol. The summed E-state index contributed by atoms with van der Waals surface area (Å²) in [6, 6.07) is 0.796. The Morgan fingerprint density at radius 2 is 1.75 bits per heavy atom. The van der Waals surface area contributed by atoms with Gasteiger partial charge < -0.3 is 16.4 Å². The fraction of sp³-hybridized carbons (Fsp3) is 0.765. The molecule has 0 bridgehead atoms. The summed E-state index contributed by atoms with van der Waals surface area (Å²) in [5.74, 6) is 0. The zero-order valence-corrected chi connectivity index (χ0v) is 12.8. The Labute approximate surface area is 124 Å². The number of rotatable bonds is 8. The summed E-state index contributed by atoms with van der Waals surface area (Å²) in [5.41, 5.74) is 8.54. The van der Waals surface area contributed by atoms with Gasteiger partial charge in [-0.25, -0.2) is 0 Å². The Morgan fingerprint density at radius 3 is 2.45 bits per heavy atom. The standard InChI is InChI=1S/C17H31N3/c18-13-15-7-9-16(10-8-15)14-19-11-4-12-20-17-5-2-1-3-6-17/h7,9,17,19-20H,1-6,8,10-14,18H2. The first-order chi connectivity index (χ1) is 9.88. The summed E-state index contributed by atoms with van der Waals surface area (Å²) < 4.78 is 0. The average molecular weight is 277 g/mol. The lowest BCUT2D eigenvalue weighted by atomic mass is 9.95. The number of nitrogens with one attached hydrogen (secondary N) is 2. The minimum atomic E-state index is 0.712. The van der Waals surface area contributed by atoms with E-state index in [1.54, 1.807) is 0 Å². The van der Waals surface area contributed by atoms with Crippen LogP contribution in [0.4, 0.5) is 0 Å². The van der Waals surface area contributed by atoms with Crippen LogP contribution in [0.25, 0.3) is 0 Å². The first-order valence-corrected chi connectivity index (χ1v) is 8.40. The maximum atomic E-state index is 5.65. The minimum absolute atomic E-state index is 0.712. The van der Waals surface area contributed by atoms with Crippen LogP contribution in [0.15, 0.2) is 23.3 Å².